The van der Waals surface area contributed by atoms with E-state index in [1.54, 1.807) is 24.3 Å². The molecule has 0 bridgehead atoms. The van der Waals surface area contributed by atoms with Gasteiger partial charge in [0.25, 0.3) is 0 Å². The first-order valence-corrected chi connectivity index (χ1v) is 2.86. The van der Waals surface area contributed by atoms with Gasteiger partial charge in [-0.1, -0.05) is 0 Å². The lowest BCUT2D eigenvalue weighted by atomic mass is 10.3. The Balaban J connectivity index is 2.90. The van der Waals surface area contributed by atoms with Gasteiger partial charge in [0.2, 0.25) is 0 Å². The maximum absolute atomic E-state index is 9.97. The fourth-order valence-corrected chi connectivity index (χ4v) is 0.717. The molecular formula is C6H5NOS. The Kier molecular flexibility index (Phi) is 1.78. The van der Waals surface area contributed by atoms with E-state index in [-0.39, 0.29) is 0 Å². The van der Waals surface area contributed by atoms with Crippen molar-refractivity contribution in [2.75, 3.05) is 0 Å². The molecule has 1 N–H and O–H groups in total. The SMILES string of the molecule is O=C=C1C=C(S)C=CN1. The van der Waals surface area contributed by atoms with E-state index >= 15 is 0 Å². The normalized spacial score (nSPS) is 16.1. The standard InChI is InChI=1S/C6H5NOS/c8-4-5-3-6(9)1-2-7-5/h1-3,7,9H. The maximum Gasteiger partial charge on any atom is 0.150 e. The molecule has 1 aliphatic rings. The average molecular weight is 139 g/mol. The summed E-state index contributed by atoms with van der Waals surface area (Å²) >= 11 is 4.01. The molecule has 0 aromatic heterocycles. The molecule has 46 valence electrons. The number of hydrogen-bond acceptors (Lipinski definition) is 3. The molecule has 2 nitrogen and oxygen atoms in total. The number of allylic oxidation sites excluding steroid dienone is 2. The second-order valence-electron chi connectivity index (χ2n) is 1.56. The van der Waals surface area contributed by atoms with Crippen LogP contribution in [0.4, 0.5) is 0 Å². The van der Waals surface area contributed by atoms with Gasteiger partial charge >= 0.3 is 0 Å². The number of rotatable bonds is 0. The van der Waals surface area contributed by atoms with Gasteiger partial charge < -0.3 is 5.32 Å². The Morgan fingerprint density at radius 1 is 1.67 bits per heavy atom. The molecule has 0 fully saturated rings. The average Bonchev–Trinajstić information content (AvgIpc) is 1.88. The molecule has 1 heterocycles. The van der Waals surface area contributed by atoms with Crippen molar-refractivity contribution in [2.24, 2.45) is 0 Å². The van der Waals surface area contributed by atoms with E-state index in [1.807, 2.05) is 0 Å². The summed E-state index contributed by atoms with van der Waals surface area (Å²) in [6, 6.07) is 0. The lowest BCUT2D eigenvalue weighted by molar-refractivity contribution is 0.566. The molecule has 0 radical (unpaired) electrons. The van der Waals surface area contributed by atoms with E-state index in [1.165, 1.54) is 0 Å². The summed E-state index contributed by atoms with van der Waals surface area (Å²) in [5, 5.41) is 2.69. The summed E-state index contributed by atoms with van der Waals surface area (Å²) in [5.74, 6) is 1.71. The van der Waals surface area contributed by atoms with Crippen molar-refractivity contribution in [3.8, 4) is 0 Å². The van der Waals surface area contributed by atoms with E-state index in [4.69, 9.17) is 0 Å². The van der Waals surface area contributed by atoms with Gasteiger partial charge in [-0.05, 0) is 12.2 Å². The second kappa shape index (κ2) is 2.58. The van der Waals surface area contributed by atoms with Crippen molar-refractivity contribution < 1.29 is 4.79 Å². The molecule has 1 rings (SSSR count). The second-order valence-corrected chi connectivity index (χ2v) is 2.08. The molecule has 0 unspecified atom stereocenters. The van der Waals surface area contributed by atoms with Crippen LogP contribution >= 0.6 is 12.6 Å². The lowest BCUT2D eigenvalue weighted by Crippen LogP contribution is -2.05. The first-order valence-electron chi connectivity index (χ1n) is 2.42. The summed E-state index contributed by atoms with van der Waals surface area (Å²) in [6.45, 7) is 0. The van der Waals surface area contributed by atoms with Crippen LogP contribution < -0.4 is 5.32 Å². The number of carbonyl (C=O) groups excluding carboxylic acids is 1. The minimum atomic E-state index is 0.419. The van der Waals surface area contributed by atoms with Gasteiger partial charge in [-0.2, -0.15) is 0 Å². The summed E-state index contributed by atoms with van der Waals surface area (Å²) in [4.78, 5) is 10.7. The molecule has 3 heteroatoms. The smallest absolute Gasteiger partial charge is 0.150 e. The molecule has 0 atom stereocenters. The van der Waals surface area contributed by atoms with Gasteiger partial charge in [0, 0.05) is 11.1 Å². The number of nitrogens with one attached hydrogen (secondary N) is 1. The highest BCUT2D eigenvalue weighted by atomic mass is 32.1. The lowest BCUT2D eigenvalue weighted by Gasteiger charge is -2.01. The van der Waals surface area contributed by atoms with Crippen LogP contribution in [0.25, 0.3) is 0 Å². The predicted octanol–water partition coefficient (Wildman–Crippen LogP) is 0.632. The Morgan fingerprint density at radius 2 is 2.44 bits per heavy atom. The van der Waals surface area contributed by atoms with Gasteiger partial charge in [-0.15, -0.1) is 12.6 Å². The van der Waals surface area contributed by atoms with Crippen LogP contribution in [0.3, 0.4) is 0 Å². The molecule has 0 aromatic carbocycles. The number of thiol groups is 1. The highest BCUT2D eigenvalue weighted by Gasteiger charge is 1.95. The van der Waals surface area contributed by atoms with E-state index < -0.39 is 0 Å². The monoisotopic (exact) mass is 139 g/mol. The van der Waals surface area contributed by atoms with Crippen molar-refractivity contribution in [3.05, 3.63) is 29.0 Å². The molecule has 1 aliphatic heterocycles. The fourth-order valence-electron chi connectivity index (χ4n) is 0.513. The van der Waals surface area contributed by atoms with Crippen molar-refractivity contribution in [3.63, 3.8) is 0 Å². The first-order chi connectivity index (χ1) is 4.33. The summed E-state index contributed by atoms with van der Waals surface area (Å²) in [5.41, 5.74) is 0.419. The molecule has 0 amide bonds. The third kappa shape index (κ3) is 1.49. The zero-order valence-corrected chi connectivity index (χ0v) is 5.48. The third-order valence-corrected chi connectivity index (χ3v) is 1.17. The van der Waals surface area contributed by atoms with E-state index in [0.29, 0.717) is 5.70 Å². The Bertz CT molecular complexity index is 223. The van der Waals surface area contributed by atoms with Gasteiger partial charge in [0.1, 0.15) is 5.70 Å². The molecule has 0 saturated carbocycles. The molecule has 0 aliphatic carbocycles. The summed E-state index contributed by atoms with van der Waals surface area (Å²) in [7, 11) is 0. The van der Waals surface area contributed by atoms with Crippen molar-refractivity contribution in [2.45, 2.75) is 0 Å². The van der Waals surface area contributed by atoms with Gasteiger partial charge in [0.15, 0.2) is 5.94 Å². The Hall–Kier alpha value is -0.920. The summed E-state index contributed by atoms with van der Waals surface area (Å²) in [6.07, 6.45) is 5.00. The minimum Gasteiger partial charge on any atom is -0.353 e. The zero-order chi connectivity index (χ0) is 6.69. The van der Waals surface area contributed by atoms with Crippen molar-refractivity contribution in [1.29, 1.82) is 0 Å². The van der Waals surface area contributed by atoms with Crippen molar-refractivity contribution in [1.82, 2.24) is 5.32 Å². The predicted molar refractivity (Wildman–Crippen MR) is 38.6 cm³/mol. The van der Waals surface area contributed by atoms with Gasteiger partial charge in [-0.3, -0.25) is 0 Å². The molecule has 0 aromatic rings. The van der Waals surface area contributed by atoms with Crippen LogP contribution in [0.15, 0.2) is 29.0 Å². The molecule has 9 heavy (non-hydrogen) atoms. The largest absolute Gasteiger partial charge is 0.353 e. The number of hydrogen-bond donors (Lipinski definition) is 2. The highest BCUT2D eigenvalue weighted by molar-refractivity contribution is 7.84. The van der Waals surface area contributed by atoms with Crippen molar-refractivity contribution >= 4 is 18.6 Å². The van der Waals surface area contributed by atoms with E-state index in [0.717, 1.165) is 4.91 Å². The molecular weight excluding hydrogens is 134 g/mol. The first kappa shape index (κ1) is 6.20. The topological polar surface area (TPSA) is 29.1 Å². The van der Waals surface area contributed by atoms with Crippen LogP contribution in [0.2, 0.25) is 0 Å². The van der Waals surface area contributed by atoms with E-state index in [9.17, 15) is 4.79 Å². The summed E-state index contributed by atoms with van der Waals surface area (Å²) < 4.78 is 0. The zero-order valence-electron chi connectivity index (χ0n) is 4.59. The minimum absolute atomic E-state index is 0.419. The van der Waals surface area contributed by atoms with Gasteiger partial charge in [-0.25, -0.2) is 4.79 Å². The van der Waals surface area contributed by atoms with Crippen LogP contribution in [-0.2, 0) is 4.79 Å². The maximum atomic E-state index is 9.97. The fraction of sp³-hybridized carbons (Fsp3) is 0. The van der Waals surface area contributed by atoms with Crippen LogP contribution in [0.1, 0.15) is 0 Å². The highest BCUT2D eigenvalue weighted by Crippen LogP contribution is 2.07. The van der Waals surface area contributed by atoms with Crippen LogP contribution in [0, 0.1) is 0 Å². The Morgan fingerprint density at radius 3 is 2.89 bits per heavy atom. The quantitative estimate of drug-likeness (QED) is 0.381. The van der Waals surface area contributed by atoms with Gasteiger partial charge in [0.05, 0.1) is 0 Å². The third-order valence-electron chi connectivity index (χ3n) is 0.895. The van der Waals surface area contributed by atoms with Crippen LogP contribution in [-0.4, -0.2) is 5.94 Å². The molecule has 0 spiro atoms. The van der Waals surface area contributed by atoms with E-state index in [2.05, 4.69) is 17.9 Å². The number of dihydropyridines is 1. The molecule has 0 saturated heterocycles. The Labute approximate surface area is 58.4 Å². The van der Waals surface area contributed by atoms with Crippen LogP contribution in [0.5, 0.6) is 0 Å².